The Hall–Kier alpha value is -3.80. The van der Waals surface area contributed by atoms with Gasteiger partial charge in [0.05, 0.1) is 0 Å². The lowest BCUT2D eigenvalue weighted by molar-refractivity contribution is -0.123. The van der Waals surface area contributed by atoms with Crippen LogP contribution in [0, 0.1) is 0 Å². The molecule has 1 atom stereocenters. The van der Waals surface area contributed by atoms with E-state index >= 15 is 0 Å². The number of ether oxygens (including phenoxy) is 1. The van der Waals surface area contributed by atoms with Crippen LogP contribution in [0.25, 0.3) is 0 Å². The highest BCUT2D eigenvalue weighted by atomic mass is 16.5. The van der Waals surface area contributed by atoms with Crippen molar-refractivity contribution in [2.24, 2.45) is 0 Å². The number of para-hydroxylation sites is 1. The van der Waals surface area contributed by atoms with Gasteiger partial charge in [0, 0.05) is 31.7 Å². The quantitative estimate of drug-likeness (QED) is 0.498. The van der Waals surface area contributed by atoms with Gasteiger partial charge >= 0.3 is 6.09 Å². The Bertz CT molecular complexity index is 1070. The minimum absolute atomic E-state index is 0.148. The van der Waals surface area contributed by atoms with Gasteiger partial charge in [0.2, 0.25) is 5.91 Å². The number of nitrogens with zero attached hydrogens (tertiary/aromatic N) is 1. The highest BCUT2D eigenvalue weighted by molar-refractivity contribution is 5.86. The molecule has 0 bridgehead atoms. The first kappa shape index (κ1) is 23.4. The van der Waals surface area contributed by atoms with Crippen LogP contribution in [0.15, 0.2) is 84.9 Å². The first-order chi connectivity index (χ1) is 16.7. The van der Waals surface area contributed by atoms with E-state index in [2.05, 4.69) is 21.6 Å². The maximum atomic E-state index is 13.2. The van der Waals surface area contributed by atoms with E-state index in [-0.39, 0.29) is 12.5 Å². The van der Waals surface area contributed by atoms with Gasteiger partial charge in [-0.2, -0.15) is 0 Å². The predicted octanol–water partition coefficient (Wildman–Crippen LogP) is 4.44. The molecule has 3 aromatic carbocycles. The minimum Gasteiger partial charge on any atom is -0.445 e. The molecule has 3 aromatic rings. The van der Waals surface area contributed by atoms with Crippen LogP contribution in [0.1, 0.15) is 29.5 Å². The molecule has 176 valence electrons. The number of hydrogen-bond acceptors (Lipinski definition) is 4. The normalized spacial score (nSPS) is 13.8. The monoisotopic (exact) mass is 457 g/mol. The molecule has 6 nitrogen and oxygen atoms in total. The van der Waals surface area contributed by atoms with E-state index in [1.807, 2.05) is 78.9 Å². The number of alkyl carbamates (subject to hydrolysis) is 1. The van der Waals surface area contributed by atoms with Crippen LogP contribution in [-0.4, -0.2) is 31.1 Å². The van der Waals surface area contributed by atoms with Gasteiger partial charge in [0.1, 0.15) is 12.6 Å². The molecule has 1 heterocycles. The van der Waals surface area contributed by atoms with E-state index < -0.39 is 12.1 Å². The molecule has 2 N–H and O–H groups in total. The van der Waals surface area contributed by atoms with Gasteiger partial charge in [-0.05, 0) is 35.6 Å². The second-order valence-corrected chi connectivity index (χ2v) is 8.49. The van der Waals surface area contributed by atoms with Crippen molar-refractivity contribution >= 4 is 17.7 Å². The Morgan fingerprint density at radius 3 is 2.15 bits per heavy atom. The summed E-state index contributed by atoms with van der Waals surface area (Å²) in [5.41, 5.74) is 4.08. The van der Waals surface area contributed by atoms with Gasteiger partial charge in [-0.25, -0.2) is 4.79 Å². The molecular formula is C28H31N3O3. The number of nitrogens with one attached hydrogen (secondary N) is 2. The zero-order valence-electron chi connectivity index (χ0n) is 19.3. The number of benzene rings is 3. The smallest absolute Gasteiger partial charge is 0.408 e. The van der Waals surface area contributed by atoms with E-state index in [0.29, 0.717) is 13.0 Å². The summed E-state index contributed by atoms with van der Waals surface area (Å²) in [5.74, 6) is -0.239. The number of anilines is 1. The van der Waals surface area contributed by atoms with Crippen LogP contribution in [0.2, 0.25) is 0 Å². The molecule has 4 rings (SSSR count). The molecule has 0 aromatic heterocycles. The molecule has 6 heteroatoms. The van der Waals surface area contributed by atoms with Crippen molar-refractivity contribution < 1.29 is 14.3 Å². The van der Waals surface area contributed by atoms with Crippen molar-refractivity contribution in [2.45, 2.75) is 38.5 Å². The molecule has 0 saturated carbocycles. The standard InChI is InChI=1S/C28H31N3O3/c32-27(29-20-24-15-7-8-16-26(24)31-17-9-10-18-31)25(19-22-11-3-1-4-12-22)30-28(33)34-21-23-13-5-2-6-14-23/h1-8,11-16,25H,9-10,17-21H2,(H,29,32)(H,30,33)/t25-/m0/s1. The van der Waals surface area contributed by atoms with E-state index in [4.69, 9.17) is 4.74 Å². The number of amides is 2. The summed E-state index contributed by atoms with van der Waals surface area (Å²) in [7, 11) is 0. The van der Waals surface area contributed by atoms with Gasteiger partial charge in [-0.15, -0.1) is 0 Å². The Morgan fingerprint density at radius 1 is 0.824 bits per heavy atom. The summed E-state index contributed by atoms with van der Waals surface area (Å²) < 4.78 is 5.36. The van der Waals surface area contributed by atoms with E-state index in [1.54, 1.807) is 0 Å². The van der Waals surface area contributed by atoms with Crippen LogP contribution < -0.4 is 15.5 Å². The molecule has 1 saturated heterocycles. The third kappa shape index (κ3) is 6.61. The lowest BCUT2D eigenvalue weighted by atomic mass is 10.1. The topological polar surface area (TPSA) is 70.7 Å². The highest BCUT2D eigenvalue weighted by Gasteiger charge is 2.23. The SMILES string of the molecule is O=C(N[C@@H](Cc1ccccc1)C(=O)NCc1ccccc1N1CCCC1)OCc1ccccc1. The zero-order chi connectivity index (χ0) is 23.6. The second kappa shape index (κ2) is 11.9. The minimum atomic E-state index is -0.746. The van der Waals surface area contributed by atoms with Crippen LogP contribution in [0.3, 0.4) is 0 Å². The summed E-state index contributed by atoms with van der Waals surface area (Å²) in [6.07, 6.45) is 2.14. The lowest BCUT2D eigenvalue weighted by Gasteiger charge is -2.23. The third-order valence-corrected chi connectivity index (χ3v) is 6.00. The summed E-state index contributed by atoms with van der Waals surface area (Å²) >= 11 is 0. The molecular weight excluding hydrogens is 426 g/mol. The van der Waals surface area contributed by atoms with Crippen molar-refractivity contribution in [2.75, 3.05) is 18.0 Å². The molecule has 1 aliphatic heterocycles. The Labute approximate surface area is 200 Å². The highest BCUT2D eigenvalue weighted by Crippen LogP contribution is 2.24. The maximum absolute atomic E-state index is 13.2. The summed E-state index contributed by atoms with van der Waals surface area (Å²) in [6.45, 7) is 2.62. The van der Waals surface area contributed by atoms with Crippen molar-refractivity contribution in [3.63, 3.8) is 0 Å². The van der Waals surface area contributed by atoms with Gasteiger partial charge in [0.25, 0.3) is 0 Å². The lowest BCUT2D eigenvalue weighted by Crippen LogP contribution is -2.48. The predicted molar refractivity (Wildman–Crippen MR) is 133 cm³/mol. The van der Waals surface area contributed by atoms with Gasteiger partial charge in [0.15, 0.2) is 0 Å². The Morgan fingerprint density at radius 2 is 1.44 bits per heavy atom. The van der Waals surface area contributed by atoms with Crippen molar-refractivity contribution in [3.05, 3.63) is 102 Å². The molecule has 34 heavy (non-hydrogen) atoms. The summed E-state index contributed by atoms with van der Waals surface area (Å²) in [4.78, 5) is 28.0. The number of carbonyl (C=O) groups excluding carboxylic acids is 2. The molecule has 0 spiro atoms. The fourth-order valence-electron chi connectivity index (χ4n) is 4.20. The van der Waals surface area contributed by atoms with E-state index in [1.165, 1.54) is 12.8 Å². The van der Waals surface area contributed by atoms with E-state index in [9.17, 15) is 9.59 Å². The van der Waals surface area contributed by atoms with Gasteiger partial charge in [-0.3, -0.25) is 4.79 Å². The molecule has 0 unspecified atom stereocenters. The summed E-state index contributed by atoms with van der Waals surface area (Å²) in [5, 5.41) is 5.78. The van der Waals surface area contributed by atoms with Gasteiger partial charge < -0.3 is 20.3 Å². The second-order valence-electron chi connectivity index (χ2n) is 8.49. The van der Waals surface area contributed by atoms with Crippen LogP contribution >= 0.6 is 0 Å². The van der Waals surface area contributed by atoms with Crippen molar-refractivity contribution in [3.8, 4) is 0 Å². The van der Waals surface area contributed by atoms with Crippen LogP contribution in [0.4, 0.5) is 10.5 Å². The largest absolute Gasteiger partial charge is 0.445 e. The fraction of sp³-hybridized carbons (Fsp3) is 0.286. The average Bonchev–Trinajstić information content (AvgIpc) is 3.42. The van der Waals surface area contributed by atoms with E-state index in [0.717, 1.165) is 35.5 Å². The molecule has 0 radical (unpaired) electrons. The Balaban J connectivity index is 1.40. The van der Waals surface area contributed by atoms with Gasteiger partial charge in [-0.1, -0.05) is 78.9 Å². The van der Waals surface area contributed by atoms with Crippen molar-refractivity contribution in [1.29, 1.82) is 0 Å². The maximum Gasteiger partial charge on any atom is 0.408 e. The van der Waals surface area contributed by atoms with Crippen molar-refractivity contribution in [1.82, 2.24) is 10.6 Å². The molecule has 1 fully saturated rings. The summed E-state index contributed by atoms with van der Waals surface area (Å²) in [6, 6.07) is 26.5. The fourth-order valence-corrected chi connectivity index (χ4v) is 4.20. The van der Waals surface area contributed by atoms with Crippen LogP contribution in [0.5, 0.6) is 0 Å². The number of rotatable bonds is 9. The average molecular weight is 458 g/mol. The molecule has 0 aliphatic carbocycles. The first-order valence-corrected chi connectivity index (χ1v) is 11.8. The number of carbonyl (C=O) groups is 2. The molecule has 2 amide bonds. The number of hydrogen-bond donors (Lipinski definition) is 2. The Kier molecular flexibility index (Phi) is 8.17. The molecule has 1 aliphatic rings. The third-order valence-electron chi connectivity index (χ3n) is 6.00. The first-order valence-electron chi connectivity index (χ1n) is 11.8. The van der Waals surface area contributed by atoms with Crippen LogP contribution in [-0.2, 0) is 29.1 Å². The zero-order valence-corrected chi connectivity index (χ0v) is 19.3.